The van der Waals surface area contributed by atoms with Crippen LogP contribution in [0.4, 0.5) is 0 Å². The third-order valence-corrected chi connectivity index (χ3v) is 18.7. The van der Waals surface area contributed by atoms with Crippen molar-refractivity contribution in [2.45, 2.75) is 223 Å². The van der Waals surface area contributed by atoms with E-state index in [-0.39, 0.29) is 76.8 Å². The molecule has 0 unspecified atom stereocenters. The molecule has 3 fully saturated rings. The molecular weight excluding hydrogens is 1380 g/mol. The molecule has 0 spiro atoms. The van der Waals surface area contributed by atoms with E-state index in [4.69, 9.17) is 15.2 Å². The summed E-state index contributed by atoms with van der Waals surface area (Å²) in [5, 5.41) is 78.5. The summed E-state index contributed by atoms with van der Waals surface area (Å²) in [5.74, 6) is -14.3. The summed E-state index contributed by atoms with van der Waals surface area (Å²) < 4.78 is 11.3. The fraction of sp³-hybridized carbons (Fsp3) is 0.611. The smallest absolute Gasteiger partial charge is 0.328 e. The van der Waals surface area contributed by atoms with E-state index in [2.05, 4.69) is 47.9 Å². The molecule has 3 aliphatic heterocycles. The van der Waals surface area contributed by atoms with Gasteiger partial charge in [0.15, 0.2) is 6.10 Å². The Labute approximate surface area is 616 Å². The maximum Gasteiger partial charge on any atom is 0.328 e. The summed E-state index contributed by atoms with van der Waals surface area (Å²) >= 11 is 0. The fourth-order valence-corrected chi connectivity index (χ4v) is 12.5. The molecule has 0 aromatic heterocycles. The molecule has 0 radical (unpaired) electrons. The number of carbonyl (C=O) groups excluding carboxylic acids is 14. The molecule has 13 amide bonds. The largest absolute Gasteiger partial charge is 0.497 e. The molecule has 2 aromatic rings. The maximum absolute atomic E-state index is 15.2. The number of benzene rings is 2. The van der Waals surface area contributed by atoms with Crippen molar-refractivity contribution < 1.29 is 102 Å². The highest BCUT2D eigenvalue weighted by Crippen LogP contribution is 2.25. The van der Waals surface area contributed by atoms with Gasteiger partial charge in [-0.2, -0.15) is 0 Å². The second-order valence-electron chi connectivity index (χ2n) is 27.6. The zero-order valence-corrected chi connectivity index (χ0v) is 61.6. The van der Waals surface area contributed by atoms with Crippen LogP contribution in [0.25, 0.3) is 0 Å². The maximum atomic E-state index is 15.2. The van der Waals surface area contributed by atoms with Crippen LogP contribution in [-0.2, 0) is 84.7 Å². The van der Waals surface area contributed by atoms with Crippen LogP contribution in [0.1, 0.15) is 137 Å². The second kappa shape index (κ2) is 42.5. The van der Waals surface area contributed by atoms with Crippen LogP contribution < -0.4 is 58.3 Å². The minimum absolute atomic E-state index is 0.0206. The van der Waals surface area contributed by atoms with Crippen molar-refractivity contribution in [2.24, 2.45) is 17.6 Å². The topological polar surface area (TPSA) is 503 Å². The Bertz CT molecular complexity index is 3420. The van der Waals surface area contributed by atoms with Gasteiger partial charge in [-0.1, -0.05) is 83.2 Å². The first-order valence-corrected chi connectivity index (χ1v) is 35.9. The van der Waals surface area contributed by atoms with Gasteiger partial charge in [0, 0.05) is 52.2 Å². The van der Waals surface area contributed by atoms with Crippen LogP contribution in [-0.4, -0.2) is 255 Å². The molecule has 0 saturated carbocycles. The molecular formula is C72H107N13O21. The minimum Gasteiger partial charge on any atom is -0.497 e. The number of rotatable bonds is 24. The number of esters is 1. The highest BCUT2D eigenvalue weighted by Gasteiger charge is 2.44. The van der Waals surface area contributed by atoms with Crippen LogP contribution in [0.2, 0.25) is 0 Å². The van der Waals surface area contributed by atoms with Gasteiger partial charge in [-0.15, -0.1) is 0 Å². The van der Waals surface area contributed by atoms with Gasteiger partial charge >= 0.3 is 5.97 Å². The summed E-state index contributed by atoms with van der Waals surface area (Å²) in [5.41, 5.74) is 6.17. The number of aliphatic hydroxyl groups is 5. The van der Waals surface area contributed by atoms with E-state index in [1.165, 1.54) is 28.0 Å². The Morgan fingerprint density at radius 3 is 1.82 bits per heavy atom. The Morgan fingerprint density at radius 2 is 1.23 bits per heavy atom. The number of carbonyl (C=O) groups is 14. The van der Waals surface area contributed by atoms with Gasteiger partial charge < -0.3 is 103 Å². The normalized spacial score (nSPS) is 25.0. The number of amides is 13. The number of ether oxygens (including phenoxy) is 2. The number of methoxy groups -OCH3 is 1. The predicted molar refractivity (Wildman–Crippen MR) is 381 cm³/mol. The fourth-order valence-electron chi connectivity index (χ4n) is 12.5. The van der Waals surface area contributed by atoms with Crippen molar-refractivity contribution in [3.63, 3.8) is 0 Å². The average molecular weight is 1490 g/mol. The van der Waals surface area contributed by atoms with Crippen molar-refractivity contribution in [1.82, 2.24) is 62.6 Å². The summed E-state index contributed by atoms with van der Waals surface area (Å²) in [6.07, 6.45) is -7.99. The highest BCUT2D eigenvalue weighted by atomic mass is 16.5. The predicted octanol–water partition coefficient (Wildman–Crippen LogP) is -3.23. The van der Waals surface area contributed by atoms with E-state index in [0.717, 1.165) is 20.8 Å². The van der Waals surface area contributed by atoms with Crippen molar-refractivity contribution in [3.8, 4) is 5.75 Å². The van der Waals surface area contributed by atoms with Gasteiger partial charge in [0.1, 0.15) is 71.9 Å². The Morgan fingerprint density at radius 1 is 0.651 bits per heavy atom. The van der Waals surface area contributed by atoms with Crippen LogP contribution in [0.3, 0.4) is 0 Å². The van der Waals surface area contributed by atoms with Crippen molar-refractivity contribution in [3.05, 3.63) is 77.5 Å². The number of fused-ring (bicyclic) bond motifs is 2. The van der Waals surface area contributed by atoms with E-state index in [0.29, 0.717) is 23.3 Å². The van der Waals surface area contributed by atoms with E-state index in [1.807, 2.05) is 0 Å². The number of likely N-dealkylation sites (N-methyl/N-ethyl adjacent to an activating group) is 1. The van der Waals surface area contributed by atoms with E-state index in [9.17, 15) is 83.1 Å². The molecule has 34 nitrogen and oxygen atoms in total. The van der Waals surface area contributed by atoms with E-state index in [1.54, 1.807) is 89.2 Å². The lowest BCUT2D eigenvalue weighted by molar-refractivity contribution is -0.161. The van der Waals surface area contributed by atoms with E-state index >= 15 is 9.59 Å². The molecule has 2 aromatic carbocycles. The Hall–Kier alpha value is -9.64. The number of primary amides is 1. The highest BCUT2D eigenvalue weighted by molar-refractivity contribution is 6.03. The molecule has 3 aliphatic rings. The summed E-state index contributed by atoms with van der Waals surface area (Å²) in [7, 11) is 2.81. The first kappa shape index (κ1) is 87.0. The van der Waals surface area contributed by atoms with Crippen molar-refractivity contribution >= 4 is 82.8 Å². The van der Waals surface area contributed by atoms with E-state index < -0.39 is 225 Å². The van der Waals surface area contributed by atoms with Crippen LogP contribution >= 0.6 is 0 Å². The van der Waals surface area contributed by atoms with Gasteiger partial charge in [-0.25, -0.2) is 4.79 Å². The van der Waals surface area contributed by atoms with Gasteiger partial charge in [0.05, 0.1) is 45.1 Å². The number of aryl methyl sites for hydroxylation is 1. The number of hydrogen-bond acceptors (Lipinski definition) is 21. The molecule has 14 atom stereocenters. The molecule has 16 N–H and O–H groups in total. The van der Waals surface area contributed by atoms with Crippen molar-refractivity contribution in [2.75, 3.05) is 47.0 Å². The molecule has 0 bridgehead atoms. The Kier molecular flexibility index (Phi) is 34.9. The van der Waals surface area contributed by atoms with Gasteiger partial charge in [0.25, 0.3) is 11.8 Å². The number of aliphatic hydroxyl groups excluding tert-OH is 5. The van der Waals surface area contributed by atoms with Crippen LogP contribution in [0.15, 0.2) is 66.4 Å². The minimum atomic E-state index is -2.48. The number of allylic oxidation sites excluding steroid dienone is 1. The standard InChI is InChI=1S/C72H107N13O21/c1-10-17-58(91)83(8)41(7)72(104)106-45(35-56(89)55(88)32-39(3)4)34-49-61(93)70(102)76-47(28-29-57(73)90)62(94)74-36-59(92)84-30-15-20-53(84)67(99)79-50(33-43-18-13-12-14-19-43)64(96)82-60(40(5)6)69(101)81-52(38-87)65(97)75-46(11-2)63(95)80-51(37-86)66(98)77-48(27-24-42-22-25-44(105-9)26-23-42)71(103)85-31-16-21-54(85)68(100)78-49/h11-14,18-19,22-23,25-26,39-41,45,47-56,60-61,86-89,93H,10,15-17,20-21,24,27-38H2,1-9H3,(H2,73,90)(H,74,94)(H,75,97)(H,76,102)(H,77,98)(H,78,100)(H,79,99)(H,80,95)(H,81,101)(H,82,96)/t41-,45-,47-,48+,49+,50-,51-,52-,53-,54-,55+,56-,60-,61+/m0/s1. The third kappa shape index (κ3) is 25.9. The molecule has 0 aliphatic carbocycles. The van der Waals surface area contributed by atoms with Crippen LogP contribution in [0.5, 0.6) is 5.75 Å². The van der Waals surface area contributed by atoms with Crippen molar-refractivity contribution in [1.29, 1.82) is 0 Å². The number of nitrogens with one attached hydrogen (secondary N) is 9. The molecule has 3 saturated heterocycles. The molecule has 106 heavy (non-hydrogen) atoms. The molecule has 5 rings (SSSR count). The van der Waals surface area contributed by atoms with Crippen LogP contribution in [0, 0.1) is 11.8 Å². The Balaban J connectivity index is 1.64. The third-order valence-electron chi connectivity index (χ3n) is 18.7. The molecule has 34 heteroatoms. The first-order chi connectivity index (χ1) is 50.2. The van der Waals surface area contributed by atoms with Gasteiger partial charge in [-0.3, -0.25) is 62.3 Å². The van der Waals surface area contributed by atoms with Gasteiger partial charge in [0.2, 0.25) is 65.0 Å². The average Bonchev–Trinajstić information content (AvgIpc) is 1.57. The number of nitrogens with two attached hydrogens (primary N) is 1. The molecule has 586 valence electrons. The second-order valence-corrected chi connectivity index (χ2v) is 27.6. The zero-order chi connectivity index (χ0) is 78.6. The number of nitrogens with zero attached hydrogens (tertiary/aromatic N) is 3. The number of hydrogen-bond donors (Lipinski definition) is 15. The molecule has 3 heterocycles. The lowest BCUT2D eigenvalue weighted by Crippen LogP contribution is -2.61. The lowest BCUT2D eigenvalue weighted by Gasteiger charge is -2.34. The van der Waals surface area contributed by atoms with Gasteiger partial charge in [-0.05, 0) is 107 Å². The monoisotopic (exact) mass is 1490 g/mol. The summed E-state index contributed by atoms with van der Waals surface area (Å²) in [4.78, 5) is 202. The quantitative estimate of drug-likeness (QED) is 0.0363. The lowest BCUT2D eigenvalue weighted by atomic mass is 9.93. The summed E-state index contributed by atoms with van der Waals surface area (Å²) in [6.45, 7) is 7.91. The SMILES string of the molecule is CC=C1NC(=O)[C@H](CO)NC(=O)[C@H](C(C)C)NC(=O)[C@H](Cc2ccccc2)NC(=O)[C@@H]2CCCN2C(=O)CNC(=O)[C@H](CCC(N)=O)NC(=O)[C@H](O)[C@@H](C[C@@H](C[C@H](O)[C@H](O)CC(C)C)OC(=O)[C@H](C)N(C)C(=O)CCC)NC(=O)[C@@H]2CCCN2C(=O)[C@@H](CCc2ccc(OC)cc2)NC(=O)[C@H](CO)NC1=O. The first-order valence-electron chi connectivity index (χ1n) is 35.9. The summed E-state index contributed by atoms with van der Waals surface area (Å²) in [6, 6.07) is -0.756. The zero-order valence-electron chi connectivity index (χ0n) is 61.6.